The molecule has 8 heteroatoms. The number of hydrogen-bond acceptors (Lipinski definition) is 3. The second-order valence-electron chi connectivity index (χ2n) is 7.56. The third-order valence-corrected chi connectivity index (χ3v) is 5.01. The highest BCUT2D eigenvalue weighted by molar-refractivity contribution is 5.92. The van der Waals surface area contributed by atoms with Crippen molar-refractivity contribution in [1.82, 2.24) is 10.2 Å². The van der Waals surface area contributed by atoms with Crippen LogP contribution in [0, 0.1) is 11.8 Å². The van der Waals surface area contributed by atoms with Crippen LogP contribution >= 0.6 is 0 Å². The van der Waals surface area contributed by atoms with Gasteiger partial charge < -0.3 is 15.5 Å². The van der Waals surface area contributed by atoms with Crippen molar-refractivity contribution in [2.45, 2.75) is 38.3 Å². The summed E-state index contributed by atoms with van der Waals surface area (Å²) in [7, 11) is 3.96. The van der Waals surface area contributed by atoms with E-state index in [1.807, 2.05) is 14.1 Å². The molecule has 1 saturated carbocycles. The fourth-order valence-corrected chi connectivity index (χ4v) is 3.39. The van der Waals surface area contributed by atoms with Crippen molar-refractivity contribution in [3.8, 4) is 0 Å². The van der Waals surface area contributed by atoms with Crippen LogP contribution in [0.5, 0.6) is 0 Å². The van der Waals surface area contributed by atoms with Crippen molar-refractivity contribution < 1.29 is 22.8 Å². The molecule has 0 unspecified atom stereocenters. The molecule has 5 nitrogen and oxygen atoms in total. The first-order valence-electron chi connectivity index (χ1n) is 9.57. The Hall–Kier alpha value is -2.09. The Kier molecular flexibility index (Phi) is 7.86. The summed E-state index contributed by atoms with van der Waals surface area (Å²) in [6, 6.07) is 4.62. The normalized spacial score (nSPS) is 20.1. The van der Waals surface area contributed by atoms with E-state index < -0.39 is 11.7 Å². The van der Waals surface area contributed by atoms with E-state index in [1.165, 1.54) is 12.1 Å². The number of carbonyl (C=O) groups is 2. The first kappa shape index (κ1) is 22.2. The zero-order valence-corrected chi connectivity index (χ0v) is 16.3. The maximum atomic E-state index is 12.8. The molecule has 1 aliphatic carbocycles. The summed E-state index contributed by atoms with van der Waals surface area (Å²) < 4.78 is 38.3. The number of nitrogens with one attached hydrogen (secondary N) is 2. The molecule has 0 spiro atoms. The molecule has 2 amide bonds. The lowest BCUT2D eigenvalue weighted by Gasteiger charge is -2.27. The summed E-state index contributed by atoms with van der Waals surface area (Å²) in [5.74, 6) is -0.649. The Balaban J connectivity index is 1.78. The van der Waals surface area contributed by atoms with Gasteiger partial charge in [0.25, 0.3) is 0 Å². The average Bonchev–Trinajstić information content (AvgIpc) is 2.64. The zero-order chi connectivity index (χ0) is 20.7. The fraction of sp³-hybridized carbons (Fsp3) is 0.600. The Morgan fingerprint density at radius 3 is 2.25 bits per heavy atom. The van der Waals surface area contributed by atoms with Crippen LogP contribution in [0.1, 0.15) is 37.7 Å². The highest BCUT2D eigenvalue weighted by Gasteiger charge is 2.32. The lowest BCUT2D eigenvalue weighted by Crippen LogP contribution is -2.36. The van der Waals surface area contributed by atoms with Crippen LogP contribution in [0.2, 0.25) is 0 Å². The molecular weight excluding hydrogens is 371 g/mol. The van der Waals surface area contributed by atoms with Gasteiger partial charge in [-0.05, 0) is 70.9 Å². The minimum absolute atomic E-state index is 0.0236. The van der Waals surface area contributed by atoms with Crippen molar-refractivity contribution in [1.29, 1.82) is 0 Å². The Labute approximate surface area is 163 Å². The zero-order valence-electron chi connectivity index (χ0n) is 16.3. The van der Waals surface area contributed by atoms with Crippen molar-refractivity contribution in [3.63, 3.8) is 0 Å². The average molecular weight is 399 g/mol. The number of rotatable bonds is 7. The van der Waals surface area contributed by atoms with Gasteiger partial charge in [0.15, 0.2) is 0 Å². The van der Waals surface area contributed by atoms with Crippen LogP contribution in [0.15, 0.2) is 24.3 Å². The van der Waals surface area contributed by atoms with Crippen molar-refractivity contribution in [3.05, 3.63) is 29.8 Å². The molecule has 0 aliphatic heterocycles. The predicted molar refractivity (Wildman–Crippen MR) is 102 cm³/mol. The van der Waals surface area contributed by atoms with Crippen molar-refractivity contribution in [2.24, 2.45) is 11.8 Å². The lowest BCUT2D eigenvalue weighted by molar-refractivity contribution is -0.137. The van der Waals surface area contributed by atoms with Gasteiger partial charge in [0, 0.05) is 24.1 Å². The standard InChI is InChI=1S/C20H28F3N3O2/c1-26(2)12-4-11-24-18(27)14-7-9-15(10-8-14)19(28)25-17-6-3-5-16(13-17)20(21,22)23/h3,5-6,13-15H,4,7-12H2,1-2H3,(H,24,27)(H,25,28). The molecule has 0 aromatic heterocycles. The van der Waals surface area contributed by atoms with E-state index >= 15 is 0 Å². The first-order chi connectivity index (χ1) is 13.2. The second kappa shape index (κ2) is 9.91. The maximum Gasteiger partial charge on any atom is 0.416 e. The van der Waals surface area contributed by atoms with Gasteiger partial charge in [-0.1, -0.05) is 6.07 Å². The smallest absolute Gasteiger partial charge is 0.356 e. The number of hydrogen-bond donors (Lipinski definition) is 2. The van der Waals surface area contributed by atoms with E-state index in [2.05, 4.69) is 15.5 Å². The molecule has 0 saturated heterocycles. The van der Waals surface area contributed by atoms with Gasteiger partial charge in [-0.15, -0.1) is 0 Å². The van der Waals surface area contributed by atoms with Crippen LogP contribution in [0.3, 0.4) is 0 Å². The predicted octanol–water partition coefficient (Wildman–Crippen LogP) is 3.52. The van der Waals surface area contributed by atoms with Gasteiger partial charge >= 0.3 is 6.18 Å². The molecule has 0 heterocycles. The van der Waals surface area contributed by atoms with Gasteiger partial charge in [0.2, 0.25) is 11.8 Å². The summed E-state index contributed by atoms with van der Waals surface area (Å²) in [5, 5.41) is 5.52. The minimum atomic E-state index is -4.45. The number of anilines is 1. The molecule has 1 fully saturated rings. The first-order valence-corrected chi connectivity index (χ1v) is 9.57. The molecule has 0 atom stereocenters. The number of benzene rings is 1. The highest BCUT2D eigenvalue weighted by atomic mass is 19.4. The minimum Gasteiger partial charge on any atom is -0.356 e. The summed E-state index contributed by atoms with van der Waals surface area (Å²) in [6.07, 6.45) is -1.23. The number of carbonyl (C=O) groups excluding carboxylic acids is 2. The molecule has 2 N–H and O–H groups in total. The molecule has 2 rings (SSSR count). The molecule has 28 heavy (non-hydrogen) atoms. The van der Waals surface area contributed by atoms with E-state index in [0.717, 1.165) is 25.1 Å². The van der Waals surface area contributed by atoms with Gasteiger partial charge in [-0.25, -0.2) is 0 Å². The van der Waals surface area contributed by atoms with Gasteiger partial charge in [0.1, 0.15) is 0 Å². The third-order valence-electron chi connectivity index (χ3n) is 5.01. The Morgan fingerprint density at radius 1 is 1.07 bits per heavy atom. The number of alkyl halides is 3. The molecule has 0 bridgehead atoms. The van der Waals surface area contributed by atoms with E-state index in [9.17, 15) is 22.8 Å². The molecule has 1 aromatic rings. The summed E-state index contributed by atoms with van der Waals surface area (Å²) in [5.41, 5.74) is -0.652. The molecule has 1 aliphatic rings. The molecule has 1 aromatic carbocycles. The van der Waals surface area contributed by atoms with E-state index in [0.29, 0.717) is 32.2 Å². The number of amides is 2. The van der Waals surface area contributed by atoms with E-state index in [1.54, 1.807) is 0 Å². The largest absolute Gasteiger partial charge is 0.416 e. The van der Waals surface area contributed by atoms with Crippen LogP contribution in [0.4, 0.5) is 18.9 Å². The summed E-state index contributed by atoms with van der Waals surface area (Å²) >= 11 is 0. The monoisotopic (exact) mass is 399 g/mol. The Morgan fingerprint density at radius 2 is 1.68 bits per heavy atom. The summed E-state index contributed by atoms with van der Waals surface area (Å²) in [6.45, 7) is 1.54. The number of nitrogens with zero attached hydrogens (tertiary/aromatic N) is 1. The van der Waals surface area contributed by atoms with Gasteiger partial charge in [-0.2, -0.15) is 13.2 Å². The topological polar surface area (TPSA) is 61.4 Å². The number of halogens is 3. The van der Waals surface area contributed by atoms with Crippen LogP contribution in [0.25, 0.3) is 0 Å². The SMILES string of the molecule is CN(C)CCCNC(=O)C1CCC(C(=O)Nc2cccc(C(F)(F)F)c2)CC1. The lowest BCUT2D eigenvalue weighted by atomic mass is 9.81. The maximum absolute atomic E-state index is 12.8. The van der Waals surface area contributed by atoms with E-state index in [4.69, 9.17) is 0 Å². The van der Waals surface area contributed by atoms with Gasteiger partial charge in [-0.3, -0.25) is 9.59 Å². The highest BCUT2D eigenvalue weighted by Crippen LogP contribution is 2.32. The fourth-order valence-electron chi connectivity index (χ4n) is 3.39. The van der Waals surface area contributed by atoms with Gasteiger partial charge in [0.05, 0.1) is 5.56 Å². The third kappa shape index (κ3) is 6.82. The quantitative estimate of drug-likeness (QED) is 0.690. The van der Waals surface area contributed by atoms with Crippen molar-refractivity contribution >= 4 is 17.5 Å². The summed E-state index contributed by atoms with van der Waals surface area (Å²) in [4.78, 5) is 26.6. The molecular formula is C20H28F3N3O2. The van der Waals surface area contributed by atoms with Crippen molar-refractivity contribution in [2.75, 3.05) is 32.5 Å². The van der Waals surface area contributed by atoms with E-state index in [-0.39, 0.29) is 29.3 Å². The second-order valence-corrected chi connectivity index (χ2v) is 7.56. The van der Waals surface area contributed by atoms with Crippen LogP contribution in [-0.4, -0.2) is 43.9 Å². The molecule has 156 valence electrons. The van der Waals surface area contributed by atoms with Crippen LogP contribution < -0.4 is 10.6 Å². The Bertz CT molecular complexity index is 669. The molecule has 0 radical (unpaired) electrons. The van der Waals surface area contributed by atoms with Crippen LogP contribution in [-0.2, 0) is 15.8 Å².